The second kappa shape index (κ2) is 13.2. The number of rotatable bonds is 6. The van der Waals surface area contributed by atoms with Gasteiger partial charge < -0.3 is 19.7 Å². The summed E-state index contributed by atoms with van der Waals surface area (Å²) >= 11 is 0. The number of fused-ring (bicyclic) bond motifs is 2. The van der Waals surface area contributed by atoms with Gasteiger partial charge in [0.2, 0.25) is 17.7 Å². The Balaban J connectivity index is 1.29. The standard InChI is InChI=1S/C36H40N4O5/c1-3-44-35(43)36-23-26(36)18-12-4-5-13-19-40(2)34(42)29-21-27(20-28(29)33(41)39-36)45-31-22-30(24-14-8-6-9-15-24)37-32(38-31)25-16-10-7-11-17-25/h6-12,14-18,22,26-29H,3-5,13,19-21,23H2,1-2H3,(H,39,41)/b18-12+. The number of allylic oxidation sites excluding steroid dienone is 1. The van der Waals surface area contributed by atoms with Crippen LogP contribution in [-0.2, 0) is 19.1 Å². The molecule has 2 amide bonds. The summed E-state index contributed by atoms with van der Waals surface area (Å²) in [7, 11) is 1.80. The Bertz CT molecular complexity index is 1500. The quantitative estimate of drug-likeness (QED) is 0.302. The highest BCUT2D eigenvalue weighted by Crippen LogP contribution is 2.47. The number of esters is 1. The Morgan fingerprint density at radius 3 is 2.42 bits per heavy atom. The lowest BCUT2D eigenvalue weighted by Crippen LogP contribution is -2.50. The molecule has 5 atom stereocenters. The molecule has 1 aliphatic heterocycles. The van der Waals surface area contributed by atoms with Crippen molar-refractivity contribution < 1.29 is 23.9 Å². The molecule has 2 fully saturated rings. The van der Waals surface area contributed by atoms with Gasteiger partial charge in [-0.15, -0.1) is 0 Å². The fraction of sp³-hybridized carbons (Fsp3) is 0.417. The monoisotopic (exact) mass is 608 g/mol. The summed E-state index contributed by atoms with van der Waals surface area (Å²) in [5, 5.41) is 3.04. The summed E-state index contributed by atoms with van der Waals surface area (Å²) in [4.78, 5) is 52.1. The molecule has 0 radical (unpaired) electrons. The van der Waals surface area contributed by atoms with E-state index in [1.165, 1.54) is 0 Å². The van der Waals surface area contributed by atoms with Crippen molar-refractivity contribution in [3.05, 3.63) is 78.9 Å². The molecule has 1 N–H and O–H groups in total. The number of ether oxygens (including phenoxy) is 2. The number of amides is 2. The number of nitrogens with zero attached hydrogens (tertiary/aromatic N) is 3. The predicted molar refractivity (Wildman–Crippen MR) is 170 cm³/mol. The SMILES string of the molecule is CCOC(=O)C12CC1/C=C/CCCCN(C)C(=O)C1CC(Oc3cc(-c4ccccc4)nc(-c4ccccc4)n3)CC1C(=O)N2. The molecule has 6 rings (SSSR count). The fourth-order valence-electron chi connectivity index (χ4n) is 6.57. The van der Waals surface area contributed by atoms with Gasteiger partial charge >= 0.3 is 5.97 Å². The molecule has 3 aliphatic rings. The highest BCUT2D eigenvalue weighted by Gasteiger charge is 2.62. The Labute approximate surface area is 264 Å². The zero-order valence-corrected chi connectivity index (χ0v) is 25.9. The molecule has 0 bridgehead atoms. The number of carbonyl (C=O) groups is 3. The van der Waals surface area contributed by atoms with Crippen molar-refractivity contribution in [1.82, 2.24) is 20.2 Å². The van der Waals surface area contributed by atoms with Gasteiger partial charge in [-0.05, 0) is 45.4 Å². The third kappa shape index (κ3) is 6.62. The van der Waals surface area contributed by atoms with Crippen LogP contribution in [-0.4, -0.2) is 64.5 Å². The Morgan fingerprint density at radius 2 is 1.69 bits per heavy atom. The number of hydrogen-bond acceptors (Lipinski definition) is 7. The number of aromatic nitrogens is 2. The molecule has 2 heterocycles. The van der Waals surface area contributed by atoms with Gasteiger partial charge in [0.1, 0.15) is 11.6 Å². The van der Waals surface area contributed by atoms with Gasteiger partial charge in [0.15, 0.2) is 5.82 Å². The van der Waals surface area contributed by atoms with Crippen LogP contribution in [0, 0.1) is 17.8 Å². The Hall–Kier alpha value is -4.53. The van der Waals surface area contributed by atoms with Gasteiger partial charge in [0, 0.05) is 36.7 Å². The van der Waals surface area contributed by atoms with Crippen molar-refractivity contribution in [2.45, 2.75) is 57.1 Å². The van der Waals surface area contributed by atoms with Crippen LogP contribution in [0.25, 0.3) is 22.6 Å². The van der Waals surface area contributed by atoms with Crippen LogP contribution >= 0.6 is 0 Å². The van der Waals surface area contributed by atoms with E-state index in [-0.39, 0.29) is 24.3 Å². The molecule has 234 valence electrons. The summed E-state index contributed by atoms with van der Waals surface area (Å²) in [6, 6.07) is 21.4. The number of carbonyl (C=O) groups excluding carboxylic acids is 3. The van der Waals surface area contributed by atoms with Crippen LogP contribution < -0.4 is 10.1 Å². The minimum Gasteiger partial charge on any atom is -0.474 e. The molecule has 2 aromatic carbocycles. The summed E-state index contributed by atoms with van der Waals surface area (Å²) in [5.41, 5.74) is 1.41. The molecule has 3 aromatic rings. The van der Waals surface area contributed by atoms with E-state index in [0.29, 0.717) is 43.2 Å². The van der Waals surface area contributed by atoms with Gasteiger partial charge in [0.25, 0.3) is 0 Å². The van der Waals surface area contributed by atoms with E-state index in [1.54, 1.807) is 18.9 Å². The zero-order valence-electron chi connectivity index (χ0n) is 25.9. The smallest absolute Gasteiger partial charge is 0.332 e. The van der Waals surface area contributed by atoms with Gasteiger partial charge in [-0.1, -0.05) is 72.8 Å². The minimum atomic E-state index is -1.09. The van der Waals surface area contributed by atoms with E-state index in [9.17, 15) is 14.4 Å². The summed E-state index contributed by atoms with van der Waals surface area (Å²) in [6.07, 6.45) is 7.48. The third-order valence-electron chi connectivity index (χ3n) is 9.12. The van der Waals surface area contributed by atoms with Crippen LogP contribution in [0.5, 0.6) is 5.88 Å². The molecule has 9 heteroatoms. The van der Waals surface area contributed by atoms with Crippen molar-refractivity contribution in [3.8, 4) is 28.5 Å². The van der Waals surface area contributed by atoms with Gasteiger partial charge in [-0.2, -0.15) is 4.98 Å². The van der Waals surface area contributed by atoms with Crippen molar-refractivity contribution >= 4 is 17.8 Å². The first-order valence-electron chi connectivity index (χ1n) is 16.0. The fourth-order valence-corrected chi connectivity index (χ4v) is 6.57. The second-order valence-corrected chi connectivity index (χ2v) is 12.2. The molecule has 9 nitrogen and oxygen atoms in total. The molecule has 0 saturated heterocycles. The van der Waals surface area contributed by atoms with Crippen molar-refractivity contribution in [1.29, 1.82) is 0 Å². The third-order valence-corrected chi connectivity index (χ3v) is 9.12. The normalized spacial score (nSPS) is 27.4. The molecule has 1 aromatic heterocycles. The maximum atomic E-state index is 14.0. The number of hydrogen-bond donors (Lipinski definition) is 1. The lowest BCUT2D eigenvalue weighted by molar-refractivity contribution is -0.150. The first-order chi connectivity index (χ1) is 21.9. The minimum absolute atomic E-state index is 0.0796. The van der Waals surface area contributed by atoms with Gasteiger partial charge in [-0.25, -0.2) is 9.78 Å². The summed E-state index contributed by atoms with van der Waals surface area (Å²) in [5.74, 6) is -1.27. The van der Waals surface area contributed by atoms with Crippen LogP contribution in [0.2, 0.25) is 0 Å². The highest BCUT2D eigenvalue weighted by atomic mass is 16.5. The molecule has 2 aliphatic carbocycles. The van der Waals surface area contributed by atoms with Crippen LogP contribution in [0.4, 0.5) is 0 Å². The molecular weight excluding hydrogens is 568 g/mol. The number of nitrogens with one attached hydrogen (secondary N) is 1. The zero-order chi connectivity index (χ0) is 31.4. The molecule has 45 heavy (non-hydrogen) atoms. The summed E-state index contributed by atoms with van der Waals surface area (Å²) in [6.45, 7) is 2.61. The van der Waals surface area contributed by atoms with Crippen LogP contribution in [0.15, 0.2) is 78.9 Å². The molecule has 0 spiro atoms. The topological polar surface area (TPSA) is 111 Å². The van der Waals surface area contributed by atoms with Crippen LogP contribution in [0.1, 0.15) is 45.4 Å². The second-order valence-electron chi connectivity index (χ2n) is 12.2. The van der Waals surface area contributed by atoms with E-state index < -0.39 is 29.4 Å². The van der Waals surface area contributed by atoms with Crippen molar-refractivity contribution in [2.75, 3.05) is 20.2 Å². The molecular formula is C36H40N4O5. The van der Waals surface area contributed by atoms with E-state index in [1.807, 2.05) is 72.8 Å². The summed E-state index contributed by atoms with van der Waals surface area (Å²) < 4.78 is 11.9. The first kappa shape index (κ1) is 30.5. The highest BCUT2D eigenvalue weighted by molar-refractivity contribution is 5.95. The predicted octanol–water partition coefficient (Wildman–Crippen LogP) is 5.22. The van der Waals surface area contributed by atoms with Crippen molar-refractivity contribution in [3.63, 3.8) is 0 Å². The van der Waals surface area contributed by atoms with Gasteiger partial charge in [-0.3, -0.25) is 9.59 Å². The maximum absolute atomic E-state index is 14.0. The Kier molecular flexibility index (Phi) is 8.96. The number of benzene rings is 2. The van der Waals surface area contributed by atoms with E-state index in [0.717, 1.165) is 30.4 Å². The lowest BCUT2D eigenvalue weighted by Gasteiger charge is -2.26. The molecule has 2 saturated carbocycles. The Morgan fingerprint density at radius 1 is 0.978 bits per heavy atom. The van der Waals surface area contributed by atoms with Crippen LogP contribution in [0.3, 0.4) is 0 Å². The average Bonchev–Trinajstić information content (AvgIpc) is 3.60. The van der Waals surface area contributed by atoms with Crippen molar-refractivity contribution in [2.24, 2.45) is 17.8 Å². The lowest BCUT2D eigenvalue weighted by atomic mass is 9.93. The van der Waals surface area contributed by atoms with E-state index in [4.69, 9.17) is 19.4 Å². The average molecular weight is 609 g/mol. The van der Waals surface area contributed by atoms with Gasteiger partial charge in [0.05, 0.1) is 24.1 Å². The molecule has 5 unspecified atom stereocenters. The largest absolute Gasteiger partial charge is 0.474 e. The first-order valence-corrected chi connectivity index (χ1v) is 16.0. The maximum Gasteiger partial charge on any atom is 0.332 e. The van der Waals surface area contributed by atoms with E-state index in [2.05, 4.69) is 11.4 Å². The van der Waals surface area contributed by atoms with E-state index >= 15 is 0 Å².